The number of rotatable bonds is 4. The molecule has 1 amide bonds. The lowest BCUT2D eigenvalue weighted by molar-refractivity contribution is 0.0746. The van der Waals surface area contributed by atoms with E-state index in [9.17, 15) is 4.79 Å². The normalized spacial score (nSPS) is 14.1. The number of nitrogens with zero attached hydrogens (tertiary/aromatic N) is 3. The molecule has 1 saturated carbocycles. The summed E-state index contributed by atoms with van der Waals surface area (Å²) in [6.45, 7) is 2.41. The lowest BCUT2D eigenvalue weighted by atomic mass is 10.2. The highest BCUT2D eigenvalue weighted by atomic mass is 16.2. The van der Waals surface area contributed by atoms with Crippen LogP contribution in [0.2, 0.25) is 0 Å². The summed E-state index contributed by atoms with van der Waals surface area (Å²) in [4.78, 5) is 18.2. The van der Waals surface area contributed by atoms with E-state index >= 15 is 0 Å². The molecule has 0 atom stereocenters. The molecule has 0 unspecified atom stereocenters. The number of carbonyl (C=O) groups is 1. The average Bonchev–Trinajstić information content (AvgIpc) is 3.14. The molecule has 1 aliphatic carbocycles. The Balaban J connectivity index is 2.10. The predicted octanol–water partition coefficient (Wildman–Crippen LogP) is 1.91. The van der Waals surface area contributed by atoms with Crippen LogP contribution in [0.25, 0.3) is 0 Å². The second kappa shape index (κ2) is 4.96. The van der Waals surface area contributed by atoms with Crippen LogP contribution in [0.1, 0.15) is 35.3 Å². The molecule has 0 saturated heterocycles. The van der Waals surface area contributed by atoms with Crippen molar-refractivity contribution in [2.75, 3.05) is 6.54 Å². The van der Waals surface area contributed by atoms with E-state index in [4.69, 9.17) is 5.26 Å². The zero-order valence-electron chi connectivity index (χ0n) is 9.89. The molecule has 1 aliphatic rings. The molecule has 0 N–H and O–H groups in total. The number of hydrogen-bond acceptors (Lipinski definition) is 3. The highest BCUT2D eigenvalue weighted by Gasteiger charge is 2.32. The van der Waals surface area contributed by atoms with Gasteiger partial charge in [0.1, 0.15) is 0 Å². The summed E-state index contributed by atoms with van der Waals surface area (Å²) >= 11 is 0. The van der Waals surface area contributed by atoms with Gasteiger partial charge in [-0.1, -0.05) is 0 Å². The SMILES string of the molecule is Cc1ccc(C(=O)N(CCC#N)C2CC2)cn1. The highest BCUT2D eigenvalue weighted by Crippen LogP contribution is 2.28. The molecule has 0 aliphatic heterocycles. The molecule has 0 spiro atoms. The van der Waals surface area contributed by atoms with E-state index in [2.05, 4.69) is 11.1 Å². The van der Waals surface area contributed by atoms with Gasteiger partial charge in [0, 0.05) is 24.5 Å². The predicted molar refractivity (Wildman–Crippen MR) is 63.3 cm³/mol. The van der Waals surface area contributed by atoms with Crippen molar-refractivity contribution in [3.8, 4) is 6.07 Å². The quantitative estimate of drug-likeness (QED) is 0.792. The minimum Gasteiger partial charge on any atom is -0.335 e. The third kappa shape index (κ3) is 2.82. The summed E-state index contributed by atoms with van der Waals surface area (Å²) in [7, 11) is 0. The minimum atomic E-state index is -0.00440. The van der Waals surface area contributed by atoms with Gasteiger partial charge < -0.3 is 4.90 Å². The molecule has 1 aromatic heterocycles. The van der Waals surface area contributed by atoms with E-state index < -0.39 is 0 Å². The van der Waals surface area contributed by atoms with E-state index in [1.165, 1.54) is 0 Å². The maximum atomic E-state index is 12.2. The zero-order chi connectivity index (χ0) is 12.3. The van der Waals surface area contributed by atoms with E-state index in [-0.39, 0.29) is 5.91 Å². The van der Waals surface area contributed by atoms with Crippen LogP contribution in [0.15, 0.2) is 18.3 Å². The molecule has 4 heteroatoms. The minimum absolute atomic E-state index is 0.00440. The second-order valence-electron chi connectivity index (χ2n) is 4.33. The van der Waals surface area contributed by atoms with Crippen LogP contribution in [0.4, 0.5) is 0 Å². The van der Waals surface area contributed by atoms with Gasteiger partial charge in [-0.15, -0.1) is 0 Å². The smallest absolute Gasteiger partial charge is 0.255 e. The molecule has 1 heterocycles. The van der Waals surface area contributed by atoms with E-state index in [0.717, 1.165) is 18.5 Å². The van der Waals surface area contributed by atoms with Crippen molar-refractivity contribution < 1.29 is 4.79 Å². The van der Waals surface area contributed by atoms with Gasteiger partial charge in [-0.25, -0.2) is 0 Å². The van der Waals surface area contributed by atoms with Crippen LogP contribution in [0.5, 0.6) is 0 Å². The van der Waals surface area contributed by atoms with E-state index in [1.807, 2.05) is 13.0 Å². The molecular formula is C13H15N3O. The molecule has 1 fully saturated rings. The van der Waals surface area contributed by atoms with Gasteiger partial charge in [-0.2, -0.15) is 5.26 Å². The van der Waals surface area contributed by atoms with Gasteiger partial charge in [-0.05, 0) is 31.9 Å². The first-order chi connectivity index (χ1) is 8.22. The summed E-state index contributed by atoms with van der Waals surface area (Å²) in [5, 5.41) is 8.61. The maximum Gasteiger partial charge on any atom is 0.255 e. The first-order valence-corrected chi connectivity index (χ1v) is 5.83. The van der Waals surface area contributed by atoms with Gasteiger partial charge in [-0.3, -0.25) is 9.78 Å². The fourth-order valence-corrected chi connectivity index (χ4v) is 1.77. The Morgan fingerprint density at radius 1 is 1.59 bits per heavy atom. The van der Waals surface area contributed by atoms with Crippen molar-refractivity contribution in [3.63, 3.8) is 0 Å². The first-order valence-electron chi connectivity index (χ1n) is 5.83. The number of aromatic nitrogens is 1. The van der Waals surface area contributed by atoms with Crippen molar-refractivity contribution in [2.45, 2.75) is 32.2 Å². The van der Waals surface area contributed by atoms with Gasteiger partial charge in [0.2, 0.25) is 0 Å². The Hall–Kier alpha value is -1.89. The number of carbonyl (C=O) groups excluding carboxylic acids is 1. The maximum absolute atomic E-state index is 12.2. The number of pyridine rings is 1. The highest BCUT2D eigenvalue weighted by molar-refractivity contribution is 5.94. The molecule has 2 rings (SSSR count). The molecule has 0 aromatic carbocycles. The lowest BCUT2D eigenvalue weighted by Crippen LogP contribution is -2.34. The van der Waals surface area contributed by atoms with Crippen molar-refractivity contribution in [3.05, 3.63) is 29.6 Å². The van der Waals surface area contributed by atoms with Crippen LogP contribution < -0.4 is 0 Å². The Kier molecular flexibility index (Phi) is 3.38. The lowest BCUT2D eigenvalue weighted by Gasteiger charge is -2.21. The van der Waals surface area contributed by atoms with Crippen molar-refractivity contribution in [2.24, 2.45) is 0 Å². The second-order valence-corrected chi connectivity index (χ2v) is 4.33. The van der Waals surface area contributed by atoms with Crippen LogP contribution in [-0.4, -0.2) is 28.4 Å². The fraction of sp³-hybridized carbons (Fsp3) is 0.462. The van der Waals surface area contributed by atoms with Crippen LogP contribution in [0.3, 0.4) is 0 Å². The molecule has 0 radical (unpaired) electrons. The Labute approximate surface area is 101 Å². The monoisotopic (exact) mass is 229 g/mol. The van der Waals surface area contributed by atoms with Crippen molar-refractivity contribution in [1.29, 1.82) is 5.26 Å². The Morgan fingerprint density at radius 2 is 2.35 bits per heavy atom. The fourth-order valence-electron chi connectivity index (χ4n) is 1.77. The molecule has 17 heavy (non-hydrogen) atoms. The van der Waals surface area contributed by atoms with Crippen molar-refractivity contribution >= 4 is 5.91 Å². The third-order valence-electron chi connectivity index (χ3n) is 2.87. The third-order valence-corrected chi connectivity index (χ3v) is 2.87. The molecule has 88 valence electrons. The molecule has 0 bridgehead atoms. The first kappa shape index (κ1) is 11.6. The average molecular weight is 229 g/mol. The number of nitriles is 1. The van der Waals surface area contributed by atoms with Crippen LogP contribution >= 0.6 is 0 Å². The molecule has 4 nitrogen and oxygen atoms in total. The van der Waals surface area contributed by atoms with Gasteiger partial charge in [0.05, 0.1) is 18.1 Å². The Morgan fingerprint density at radius 3 is 2.88 bits per heavy atom. The molecule has 1 aromatic rings. The topological polar surface area (TPSA) is 57.0 Å². The van der Waals surface area contributed by atoms with Gasteiger partial charge >= 0.3 is 0 Å². The van der Waals surface area contributed by atoms with Crippen molar-refractivity contribution in [1.82, 2.24) is 9.88 Å². The van der Waals surface area contributed by atoms with E-state index in [0.29, 0.717) is 24.6 Å². The van der Waals surface area contributed by atoms with Crippen LogP contribution in [-0.2, 0) is 0 Å². The summed E-state index contributed by atoms with van der Waals surface area (Å²) in [5.74, 6) is -0.00440. The molecular weight excluding hydrogens is 214 g/mol. The summed E-state index contributed by atoms with van der Waals surface area (Å²) in [6, 6.07) is 6.05. The number of hydrogen-bond donors (Lipinski definition) is 0. The van der Waals surface area contributed by atoms with E-state index in [1.54, 1.807) is 17.2 Å². The van der Waals surface area contributed by atoms with Gasteiger partial charge in [0.15, 0.2) is 0 Å². The Bertz CT molecular complexity index is 443. The number of aryl methyl sites for hydroxylation is 1. The number of amides is 1. The largest absolute Gasteiger partial charge is 0.335 e. The van der Waals surface area contributed by atoms with Gasteiger partial charge in [0.25, 0.3) is 5.91 Å². The standard InChI is InChI=1S/C13H15N3O/c1-10-3-4-11(9-15-10)13(17)16(8-2-7-14)12-5-6-12/h3-4,9,12H,2,5-6,8H2,1H3. The summed E-state index contributed by atoms with van der Waals surface area (Å²) < 4.78 is 0. The summed E-state index contributed by atoms with van der Waals surface area (Å²) in [5.41, 5.74) is 1.51. The summed E-state index contributed by atoms with van der Waals surface area (Å²) in [6.07, 6.45) is 4.11. The zero-order valence-corrected chi connectivity index (χ0v) is 9.89. The van der Waals surface area contributed by atoms with Crippen LogP contribution in [0, 0.1) is 18.3 Å².